The summed E-state index contributed by atoms with van der Waals surface area (Å²) < 4.78 is 1.09. The Kier molecular flexibility index (Phi) is 4.66. The fourth-order valence-electron chi connectivity index (χ4n) is 4.49. The highest BCUT2D eigenvalue weighted by atomic mass is 16.2. The number of nitrogens with zero attached hydrogens (tertiary/aromatic N) is 4. The fourth-order valence-corrected chi connectivity index (χ4v) is 4.49. The van der Waals surface area contributed by atoms with Crippen LogP contribution in [-0.4, -0.2) is 34.2 Å². The first-order chi connectivity index (χ1) is 15.0. The van der Waals surface area contributed by atoms with Crippen LogP contribution in [0.4, 0.5) is 11.4 Å². The van der Waals surface area contributed by atoms with Crippen LogP contribution in [0.5, 0.6) is 0 Å². The highest BCUT2D eigenvalue weighted by molar-refractivity contribution is 6.06. The summed E-state index contributed by atoms with van der Waals surface area (Å²) in [6.45, 7) is 2.36. The number of carbonyl (C=O) groups is 2. The van der Waals surface area contributed by atoms with Crippen LogP contribution in [0, 0.1) is 0 Å². The molecule has 0 bridgehead atoms. The van der Waals surface area contributed by atoms with E-state index in [4.69, 9.17) is 0 Å². The van der Waals surface area contributed by atoms with Gasteiger partial charge in [-0.25, -0.2) is 4.68 Å². The van der Waals surface area contributed by atoms with Crippen molar-refractivity contribution in [2.45, 2.75) is 32.4 Å². The van der Waals surface area contributed by atoms with E-state index in [0.29, 0.717) is 6.54 Å². The molecule has 2 aromatic carbocycles. The van der Waals surface area contributed by atoms with E-state index in [1.165, 1.54) is 12.1 Å². The van der Waals surface area contributed by atoms with Gasteiger partial charge in [-0.2, -0.15) is 5.10 Å². The second-order valence-corrected chi connectivity index (χ2v) is 8.00. The normalized spacial score (nSPS) is 16.9. The van der Waals surface area contributed by atoms with E-state index < -0.39 is 5.56 Å². The van der Waals surface area contributed by atoms with Crippen molar-refractivity contribution < 1.29 is 9.59 Å². The molecule has 1 aromatic heterocycles. The van der Waals surface area contributed by atoms with Gasteiger partial charge < -0.3 is 9.80 Å². The van der Waals surface area contributed by atoms with Gasteiger partial charge in [0.1, 0.15) is 12.2 Å². The lowest BCUT2D eigenvalue weighted by molar-refractivity contribution is -0.119. The number of carbonyl (C=O) groups excluding carboxylic acids is 2. The molecule has 0 saturated heterocycles. The maximum atomic E-state index is 13.2. The van der Waals surface area contributed by atoms with Crippen molar-refractivity contribution in [2.24, 2.45) is 0 Å². The summed E-state index contributed by atoms with van der Waals surface area (Å²) in [5.41, 5.74) is 3.70. The Labute approximate surface area is 179 Å². The predicted octanol–water partition coefficient (Wildman–Crippen LogP) is 2.42. The van der Waals surface area contributed by atoms with Crippen LogP contribution >= 0.6 is 0 Å². The van der Waals surface area contributed by atoms with Crippen molar-refractivity contribution in [3.63, 3.8) is 0 Å². The molecule has 1 atom stereocenters. The number of hydrogen-bond acceptors (Lipinski definition) is 4. The number of anilines is 2. The molecule has 0 fully saturated rings. The van der Waals surface area contributed by atoms with E-state index in [-0.39, 0.29) is 30.1 Å². The van der Waals surface area contributed by atoms with Gasteiger partial charge in [-0.3, -0.25) is 14.4 Å². The van der Waals surface area contributed by atoms with Crippen molar-refractivity contribution in [1.29, 1.82) is 0 Å². The monoisotopic (exact) mass is 414 g/mol. The number of amides is 2. The molecular weight excluding hydrogens is 392 g/mol. The Balaban J connectivity index is 1.41. The predicted molar refractivity (Wildman–Crippen MR) is 117 cm³/mol. The highest BCUT2D eigenvalue weighted by Gasteiger charge is 2.32. The van der Waals surface area contributed by atoms with Crippen molar-refractivity contribution >= 4 is 23.2 Å². The summed E-state index contributed by atoms with van der Waals surface area (Å²) in [6, 6.07) is 18.3. The molecule has 0 unspecified atom stereocenters. The van der Waals surface area contributed by atoms with Crippen LogP contribution < -0.4 is 15.4 Å². The van der Waals surface area contributed by atoms with Crippen molar-refractivity contribution in [3.8, 4) is 0 Å². The first-order valence-corrected chi connectivity index (χ1v) is 10.4. The minimum absolute atomic E-state index is 0.00480. The van der Waals surface area contributed by atoms with Gasteiger partial charge >= 0.3 is 0 Å². The van der Waals surface area contributed by atoms with Gasteiger partial charge in [0.2, 0.25) is 5.91 Å². The molecule has 2 aliphatic rings. The summed E-state index contributed by atoms with van der Waals surface area (Å²) in [4.78, 5) is 41.9. The second-order valence-electron chi connectivity index (χ2n) is 8.00. The lowest BCUT2D eigenvalue weighted by Crippen LogP contribution is -2.39. The zero-order valence-corrected chi connectivity index (χ0v) is 17.2. The molecule has 2 aliphatic heterocycles. The summed E-state index contributed by atoms with van der Waals surface area (Å²) in [7, 11) is 0. The average molecular weight is 414 g/mol. The van der Waals surface area contributed by atoms with E-state index in [0.717, 1.165) is 40.0 Å². The molecule has 0 saturated carbocycles. The topological polar surface area (TPSA) is 75.5 Å². The van der Waals surface area contributed by atoms with Gasteiger partial charge in [-0.1, -0.05) is 36.4 Å². The smallest absolute Gasteiger partial charge is 0.278 e. The Morgan fingerprint density at radius 1 is 0.968 bits per heavy atom. The van der Waals surface area contributed by atoms with E-state index in [2.05, 4.69) is 5.10 Å². The Morgan fingerprint density at radius 2 is 1.68 bits per heavy atom. The third-order valence-electron chi connectivity index (χ3n) is 5.99. The molecule has 2 amide bonds. The highest BCUT2D eigenvalue weighted by Crippen LogP contribution is 2.32. The minimum Gasteiger partial charge on any atom is -0.310 e. The van der Waals surface area contributed by atoms with Crippen LogP contribution in [0.25, 0.3) is 0 Å². The summed E-state index contributed by atoms with van der Waals surface area (Å²) in [5, 5.41) is 4.26. The minimum atomic E-state index is -0.410. The van der Waals surface area contributed by atoms with Crippen LogP contribution in [-0.2, 0) is 24.2 Å². The van der Waals surface area contributed by atoms with Crippen LogP contribution in [0.3, 0.4) is 0 Å². The zero-order valence-electron chi connectivity index (χ0n) is 17.2. The molecule has 0 N–H and O–H groups in total. The van der Waals surface area contributed by atoms with Crippen molar-refractivity contribution in [1.82, 2.24) is 9.78 Å². The standard InChI is InChI=1S/C24H22N4O3/c1-16-14-18-7-3-5-9-21(18)28(16)24(31)19-10-11-22(29)27(25-19)15-23(30)26-13-12-17-6-2-4-8-20(17)26/h2-11,16H,12-15H2,1H3/t16-/m0/s1. The molecular formula is C24H22N4O3. The van der Waals surface area contributed by atoms with Gasteiger partial charge in [0.15, 0.2) is 0 Å². The molecule has 156 valence electrons. The summed E-state index contributed by atoms with van der Waals surface area (Å²) in [6.07, 6.45) is 1.56. The van der Waals surface area contributed by atoms with Crippen LogP contribution in [0.1, 0.15) is 28.5 Å². The third-order valence-corrected chi connectivity index (χ3v) is 5.99. The van der Waals surface area contributed by atoms with Gasteiger partial charge in [0, 0.05) is 30.0 Å². The number of benzene rings is 2. The molecule has 3 aromatic rings. The molecule has 0 aliphatic carbocycles. The zero-order chi connectivity index (χ0) is 21.5. The fraction of sp³-hybridized carbons (Fsp3) is 0.250. The second kappa shape index (κ2) is 7.50. The molecule has 31 heavy (non-hydrogen) atoms. The lowest BCUT2D eigenvalue weighted by Gasteiger charge is -2.22. The van der Waals surface area contributed by atoms with Crippen LogP contribution in [0.15, 0.2) is 65.5 Å². The molecule has 5 rings (SSSR count). The third kappa shape index (κ3) is 3.32. The van der Waals surface area contributed by atoms with Crippen LogP contribution in [0.2, 0.25) is 0 Å². The number of hydrogen-bond donors (Lipinski definition) is 0. The molecule has 0 radical (unpaired) electrons. The molecule has 7 heteroatoms. The summed E-state index contributed by atoms with van der Waals surface area (Å²) in [5.74, 6) is -0.491. The Hall–Kier alpha value is -3.74. The van der Waals surface area contributed by atoms with Gasteiger partial charge in [-0.05, 0) is 49.1 Å². The van der Waals surface area contributed by atoms with E-state index in [1.54, 1.807) is 9.80 Å². The molecule has 3 heterocycles. The van der Waals surface area contributed by atoms with Gasteiger partial charge in [-0.15, -0.1) is 0 Å². The first-order valence-electron chi connectivity index (χ1n) is 10.4. The number of para-hydroxylation sites is 2. The largest absolute Gasteiger partial charge is 0.310 e. The lowest BCUT2D eigenvalue weighted by atomic mass is 10.1. The number of rotatable bonds is 3. The van der Waals surface area contributed by atoms with Gasteiger partial charge in [0.25, 0.3) is 11.5 Å². The van der Waals surface area contributed by atoms with Gasteiger partial charge in [0.05, 0.1) is 0 Å². The maximum Gasteiger partial charge on any atom is 0.278 e. The number of fused-ring (bicyclic) bond motifs is 2. The number of aromatic nitrogens is 2. The van der Waals surface area contributed by atoms with E-state index >= 15 is 0 Å². The van der Waals surface area contributed by atoms with Crippen molar-refractivity contribution in [3.05, 3.63) is 87.8 Å². The maximum absolute atomic E-state index is 13.2. The molecule has 7 nitrogen and oxygen atoms in total. The SMILES string of the molecule is C[C@H]1Cc2ccccc2N1C(=O)c1ccc(=O)n(CC(=O)N2CCc3ccccc32)n1. The Bertz CT molecular complexity index is 1250. The average Bonchev–Trinajstić information content (AvgIpc) is 3.35. The van der Waals surface area contributed by atoms with E-state index in [1.807, 2.05) is 55.5 Å². The van der Waals surface area contributed by atoms with E-state index in [9.17, 15) is 14.4 Å². The molecule has 0 spiro atoms. The Morgan fingerprint density at radius 3 is 2.48 bits per heavy atom. The first kappa shape index (κ1) is 19.2. The quantitative estimate of drug-likeness (QED) is 0.660. The van der Waals surface area contributed by atoms with Crippen molar-refractivity contribution in [2.75, 3.05) is 16.3 Å². The summed E-state index contributed by atoms with van der Waals surface area (Å²) >= 11 is 0.